The Morgan fingerprint density at radius 2 is 0.930 bits per heavy atom. The van der Waals surface area contributed by atoms with Gasteiger partial charge in [0.2, 0.25) is 17.7 Å². The number of carbonyl (C=O) groups excluding carboxylic acids is 3. The summed E-state index contributed by atoms with van der Waals surface area (Å²) in [6, 6.07) is -4.31. The van der Waals surface area contributed by atoms with Crippen LogP contribution in [-0.2, 0) is 38.1 Å². The van der Waals surface area contributed by atoms with Crippen LogP contribution in [0.15, 0.2) is 0 Å². The maximum atomic E-state index is 12.1. The number of amides is 3. The first-order valence-corrected chi connectivity index (χ1v) is 13.5. The highest BCUT2D eigenvalue weighted by Crippen LogP contribution is 2.32. The summed E-state index contributed by atoms with van der Waals surface area (Å²) in [5.74, 6) is -1.96. The number of hydrogen-bond acceptors (Lipinski definition) is 16. The second-order valence-electron chi connectivity index (χ2n) is 10.5. The van der Waals surface area contributed by atoms with Crippen LogP contribution in [0.2, 0.25) is 0 Å². The van der Waals surface area contributed by atoms with Crippen molar-refractivity contribution in [2.45, 2.75) is 113 Å². The lowest BCUT2D eigenvalue weighted by molar-refractivity contribution is -0.351. The molecule has 0 unspecified atom stereocenters. The van der Waals surface area contributed by atoms with Crippen LogP contribution in [-0.4, -0.2) is 170 Å². The third kappa shape index (κ3) is 8.14. The molecule has 0 aliphatic carbocycles. The average Bonchev–Trinajstić information content (AvgIpc) is 2.94. The van der Waals surface area contributed by atoms with Crippen LogP contribution in [0.5, 0.6) is 0 Å². The second-order valence-corrected chi connectivity index (χ2v) is 10.5. The number of aliphatic hydroxyl groups is 8. The number of carbonyl (C=O) groups is 3. The first-order valence-electron chi connectivity index (χ1n) is 13.5. The van der Waals surface area contributed by atoms with Crippen molar-refractivity contribution in [3.63, 3.8) is 0 Å². The molecule has 43 heavy (non-hydrogen) atoms. The minimum atomic E-state index is -1.77. The van der Waals surface area contributed by atoms with Gasteiger partial charge in [0.05, 0.1) is 19.8 Å². The molecular weight excluding hydrogens is 586 g/mol. The highest BCUT2D eigenvalue weighted by atomic mass is 16.7. The van der Waals surface area contributed by atoms with Gasteiger partial charge in [-0.15, -0.1) is 0 Å². The van der Waals surface area contributed by atoms with Gasteiger partial charge in [-0.05, 0) is 0 Å². The fourth-order valence-corrected chi connectivity index (χ4v) is 5.28. The van der Waals surface area contributed by atoms with Gasteiger partial charge in [0, 0.05) is 20.8 Å². The standard InChI is InChI=1S/C24H41N3O16/c1-7(31)25-13-18(36)20(11(5-29)39-22(13)38)42-24-15(27-9(3)33)19(37)21(12(6-30)41-24)43-23-14(26-8(2)32)17(35)16(34)10(4-28)40-23/h10-24,28-30,34-38H,4-6H2,1-3H3,(H,25,31)(H,26,32)(H,27,33)/t10-,11-,12-,13+,14-,15+,16+,17+,18+,19+,20+,21+,22+,23-,24-/m0/s1. The largest absolute Gasteiger partial charge is 0.394 e. The van der Waals surface area contributed by atoms with Crippen molar-refractivity contribution in [2.75, 3.05) is 19.8 Å². The Kier molecular flexibility index (Phi) is 12.5. The third-order valence-electron chi connectivity index (χ3n) is 7.30. The van der Waals surface area contributed by atoms with E-state index >= 15 is 0 Å². The van der Waals surface area contributed by atoms with Gasteiger partial charge in [-0.1, -0.05) is 0 Å². The van der Waals surface area contributed by atoms with E-state index in [0.717, 1.165) is 20.8 Å². The molecule has 3 saturated heterocycles. The van der Waals surface area contributed by atoms with Crippen LogP contribution in [0.1, 0.15) is 20.8 Å². The zero-order chi connectivity index (χ0) is 32.2. The topological polar surface area (TPSA) is 295 Å². The molecule has 0 radical (unpaired) electrons. The number of rotatable bonds is 10. The molecule has 3 aliphatic heterocycles. The van der Waals surface area contributed by atoms with E-state index in [-0.39, 0.29) is 0 Å². The molecular formula is C24H41N3O16. The fourth-order valence-electron chi connectivity index (χ4n) is 5.28. The van der Waals surface area contributed by atoms with E-state index in [2.05, 4.69) is 16.0 Å². The molecule has 3 heterocycles. The molecule has 15 atom stereocenters. The minimum absolute atomic E-state index is 0.628. The highest BCUT2D eigenvalue weighted by Gasteiger charge is 2.54. The summed E-state index contributed by atoms with van der Waals surface area (Å²) in [6.07, 6.45) is -19.0. The Balaban J connectivity index is 1.89. The molecule has 0 aromatic carbocycles. The van der Waals surface area contributed by atoms with E-state index in [0.29, 0.717) is 0 Å². The first kappa shape index (κ1) is 35.4. The number of aliphatic hydroxyl groups excluding tert-OH is 8. The van der Waals surface area contributed by atoms with Crippen molar-refractivity contribution in [1.82, 2.24) is 16.0 Å². The Morgan fingerprint density at radius 1 is 0.558 bits per heavy atom. The lowest BCUT2D eigenvalue weighted by Crippen LogP contribution is -2.71. The van der Waals surface area contributed by atoms with Crippen LogP contribution < -0.4 is 16.0 Å². The zero-order valence-corrected chi connectivity index (χ0v) is 23.6. The van der Waals surface area contributed by atoms with Crippen molar-refractivity contribution >= 4 is 17.7 Å². The fraction of sp³-hybridized carbons (Fsp3) is 0.875. The number of nitrogens with one attached hydrogen (secondary N) is 3. The molecule has 0 bridgehead atoms. The van der Waals surface area contributed by atoms with Crippen LogP contribution in [0.4, 0.5) is 0 Å². The molecule has 0 aromatic heterocycles. The lowest BCUT2D eigenvalue weighted by Gasteiger charge is -2.49. The molecule has 3 aliphatic rings. The molecule has 0 spiro atoms. The summed E-state index contributed by atoms with van der Waals surface area (Å²) in [4.78, 5) is 35.5. The van der Waals surface area contributed by atoms with Crippen molar-refractivity contribution < 1.29 is 78.9 Å². The maximum Gasteiger partial charge on any atom is 0.217 e. The SMILES string of the molecule is CC(=O)N[C@@H]1[C@H](O[C@H]2[C@H](O)[C@@H](NC(C)=O)[C@H](O[C@H]3[C@H](O)[C@@H](NC(C)=O)[C@H](O)O[C@H]3CO)O[C@H]2CO)O[C@@H](CO)[C@@H](O)[C@@H]1O. The van der Waals surface area contributed by atoms with Crippen molar-refractivity contribution in [2.24, 2.45) is 0 Å². The summed E-state index contributed by atoms with van der Waals surface area (Å²) < 4.78 is 28.3. The van der Waals surface area contributed by atoms with Gasteiger partial charge in [0.1, 0.15) is 73.1 Å². The molecule has 0 saturated carbocycles. The smallest absolute Gasteiger partial charge is 0.217 e. The minimum Gasteiger partial charge on any atom is -0.394 e. The van der Waals surface area contributed by atoms with E-state index < -0.39 is 129 Å². The summed E-state index contributed by atoms with van der Waals surface area (Å²) in [6.45, 7) is 0.995. The van der Waals surface area contributed by atoms with E-state index in [1.54, 1.807) is 0 Å². The van der Waals surface area contributed by atoms with E-state index in [1.807, 2.05) is 0 Å². The molecule has 0 aromatic rings. The second kappa shape index (κ2) is 15.3. The number of hydrogen-bond donors (Lipinski definition) is 11. The molecule has 248 valence electrons. The monoisotopic (exact) mass is 627 g/mol. The Labute approximate surface area is 245 Å². The quantitative estimate of drug-likeness (QED) is 0.107. The van der Waals surface area contributed by atoms with Crippen molar-refractivity contribution in [1.29, 1.82) is 0 Å². The van der Waals surface area contributed by atoms with Crippen LogP contribution >= 0.6 is 0 Å². The Morgan fingerprint density at radius 3 is 1.37 bits per heavy atom. The van der Waals surface area contributed by atoms with Gasteiger partial charge in [0.15, 0.2) is 18.9 Å². The van der Waals surface area contributed by atoms with Gasteiger partial charge in [-0.2, -0.15) is 0 Å². The van der Waals surface area contributed by atoms with Crippen LogP contribution in [0.25, 0.3) is 0 Å². The lowest BCUT2D eigenvalue weighted by atomic mass is 9.93. The van der Waals surface area contributed by atoms with Gasteiger partial charge in [-0.25, -0.2) is 0 Å². The zero-order valence-electron chi connectivity index (χ0n) is 23.6. The molecule has 3 rings (SSSR count). The van der Waals surface area contributed by atoms with Gasteiger partial charge in [0.25, 0.3) is 0 Å². The molecule has 3 amide bonds. The predicted octanol–water partition coefficient (Wildman–Crippen LogP) is -7.14. The van der Waals surface area contributed by atoms with Crippen LogP contribution in [0.3, 0.4) is 0 Å². The summed E-state index contributed by atoms with van der Waals surface area (Å²) >= 11 is 0. The predicted molar refractivity (Wildman–Crippen MR) is 136 cm³/mol. The summed E-state index contributed by atoms with van der Waals surface area (Å²) in [5.41, 5.74) is 0. The van der Waals surface area contributed by atoms with E-state index in [1.165, 1.54) is 0 Å². The maximum absolute atomic E-state index is 12.1. The molecule has 3 fully saturated rings. The summed E-state index contributed by atoms with van der Waals surface area (Å²) in [5, 5.41) is 90.0. The summed E-state index contributed by atoms with van der Waals surface area (Å²) in [7, 11) is 0. The van der Waals surface area contributed by atoms with Crippen LogP contribution in [0, 0.1) is 0 Å². The molecule has 11 N–H and O–H groups in total. The van der Waals surface area contributed by atoms with E-state index in [4.69, 9.17) is 23.7 Å². The van der Waals surface area contributed by atoms with Gasteiger partial charge >= 0.3 is 0 Å². The van der Waals surface area contributed by atoms with Gasteiger partial charge < -0.3 is 80.5 Å². The normalized spacial score (nSPS) is 43.5. The highest BCUT2D eigenvalue weighted by molar-refractivity contribution is 5.74. The first-order chi connectivity index (χ1) is 20.2. The van der Waals surface area contributed by atoms with Crippen molar-refractivity contribution in [3.8, 4) is 0 Å². The van der Waals surface area contributed by atoms with Crippen molar-refractivity contribution in [3.05, 3.63) is 0 Å². The molecule has 19 heteroatoms. The van der Waals surface area contributed by atoms with Gasteiger partial charge in [-0.3, -0.25) is 14.4 Å². The van der Waals surface area contributed by atoms with E-state index in [9.17, 15) is 55.2 Å². The Bertz CT molecular complexity index is 962. The average molecular weight is 628 g/mol. The Hall–Kier alpha value is -2.11. The molecule has 19 nitrogen and oxygen atoms in total. The third-order valence-corrected chi connectivity index (χ3v) is 7.30. The number of ether oxygens (including phenoxy) is 5.